The molecule has 1 aliphatic heterocycles. The Balaban J connectivity index is 2.50. The Labute approximate surface area is 83.8 Å². The van der Waals surface area contributed by atoms with Crippen LogP contribution in [0.4, 0.5) is 0 Å². The second kappa shape index (κ2) is 4.24. The number of nitrogens with one attached hydrogen (secondary N) is 2. The van der Waals surface area contributed by atoms with Crippen LogP contribution in [0.25, 0.3) is 0 Å². The van der Waals surface area contributed by atoms with E-state index in [1.807, 2.05) is 0 Å². The number of piperidine rings is 1. The van der Waals surface area contributed by atoms with E-state index in [2.05, 4.69) is 10.0 Å². The van der Waals surface area contributed by atoms with E-state index in [1.54, 1.807) is 0 Å². The highest BCUT2D eigenvalue weighted by Crippen LogP contribution is 2.04. The Morgan fingerprint density at radius 2 is 2.14 bits per heavy atom. The maximum Gasteiger partial charge on any atom is 0.279 e. The molecule has 7 heteroatoms. The fourth-order valence-electron chi connectivity index (χ4n) is 1.15. The standard InChI is InChI=1S/C7H15N3O3S/c1-10(2)14(12,13)9-6-3-4-7(11)8-5-6/h6,9H,3-5H2,1-2H3,(H,8,11). The van der Waals surface area contributed by atoms with Crippen LogP contribution in [-0.2, 0) is 15.0 Å². The van der Waals surface area contributed by atoms with Gasteiger partial charge in [0.1, 0.15) is 0 Å². The molecule has 14 heavy (non-hydrogen) atoms. The SMILES string of the molecule is CN(C)S(=O)(=O)NC1CCC(=O)NC1. The summed E-state index contributed by atoms with van der Waals surface area (Å²) in [5, 5.41) is 2.61. The quantitative estimate of drug-likeness (QED) is 0.619. The number of amides is 1. The van der Waals surface area contributed by atoms with Crippen molar-refractivity contribution in [2.75, 3.05) is 20.6 Å². The Kier molecular flexibility index (Phi) is 3.46. The number of carbonyl (C=O) groups is 1. The van der Waals surface area contributed by atoms with Crippen LogP contribution in [0.2, 0.25) is 0 Å². The summed E-state index contributed by atoms with van der Waals surface area (Å²) in [5.41, 5.74) is 0. The summed E-state index contributed by atoms with van der Waals surface area (Å²) in [6.45, 7) is 0.367. The average molecular weight is 221 g/mol. The molecule has 0 spiro atoms. The van der Waals surface area contributed by atoms with Crippen molar-refractivity contribution in [3.05, 3.63) is 0 Å². The lowest BCUT2D eigenvalue weighted by Crippen LogP contribution is -2.50. The summed E-state index contributed by atoms with van der Waals surface area (Å²) in [6, 6.07) is -0.194. The van der Waals surface area contributed by atoms with Gasteiger partial charge in [0.15, 0.2) is 0 Å². The van der Waals surface area contributed by atoms with Gasteiger partial charge in [-0.2, -0.15) is 17.4 Å². The van der Waals surface area contributed by atoms with E-state index in [4.69, 9.17) is 0 Å². The highest BCUT2D eigenvalue weighted by Gasteiger charge is 2.23. The molecule has 0 radical (unpaired) electrons. The van der Waals surface area contributed by atoms with Gasteiger partial charge < -0.3 is 5.32 Å². The summed E-state index contributed by atoms with van der Waals surface area (Å²) in [4.78, 5) is 10.8. The molecular weight excluding hydrogens is 206 g/mol. The second-order valence-electron chi connectivity index (χ2n) is 3.44. The zero-order chi connectivity index (χ0) is 10.8. The number of hydrogen-bond acceptors (Lipinski definition) is 3. The van der Waals surface area contributed by atoms with Crippen molar-refractivity contribution in [3.8, 4) is 0 Å². The topological polar surface area (TPSA) is 78.5 Å². The minimum Gasteiger partial charge on any atom is -0.355 e. The van der Waals surface area contributed by atoms with Gasteiger partial charge in [-0.3, -0.25) is 4.79 Å². The minimum absolute atomic E-state index is 0.0229. The second-order valence-corrected chi connectivity index (χ2v) is 5.36. The fraction of sp³-hybridized carbons (Fsp3) is 0.857. The number of hydrogen-bond donors (Lipinski definition) is 2. The summed E-state index contributed by atoms with van der Waals surface area (Å²) in [5.74, 6) is -0.0229. The van der Waals surface area contributed by atoms with Crippen molar-refractivity contribution < 1.29 is 13.2 Å². The van der Waals surface area contributed by atoms with E-state index < -0.39 is 10.2 Å². The van der Waals surface area contributed by atoms with E-state index in [9.17, 15) is 13.2 Å². The molecule has 1 heterocycles. The molecule has 0 aromatic heterocycles. The first-order chi connectivity index (χ1) is 6.42. The molecule has 0 aromatic carbocycles. The molecule has 1 amide bonds. The largest absolute Gasteiger partial charge is 0.355 e. The molecule has 1 aliphatic rings. The molecule has 1 fully saturated rings. The van der Waals surface area contributed by atoms with Gasteiger partial charge in [-0.05, 0) is 6.42 Å². The molecule has 1 atom stereocenters. The first-order valence-electron chi connectivity index (χ1n) is 4.38. The highest BCUT2D eigenvalue weighted by molar-refractivity contribution is 7.87. The van der Waals surface area contributed by atoms with Gasteiger partial charge >= 0.3 is 0 Å². The molecule has 82 valence electrons. The van der Waals surface area contributed by atoms with Crippen LogP contribution in [0.1, 0.15) is 12.8 Å². The van der Waals surface area contributed by atoms with Crippen molar-refractivity contribution in [1.82, 2.24) is 14.3 Å². The Bertz CT molecular complexity index is 302. The number of nitrogens with zero attached hydrogens (tertiary/aromatic N) is 1. The lowest BCUT2D eigenvalue weighted by molar-refractivity contribution is -0.122. The minimum atomic E-state index is -3.38. The van der Waals surface area contributed by atoms with E-state index in [0.717, 1.165) is 4.31 Å². The monoisotopic (exact) mass is 221 g/mol. The van der Waals surface area contributed by atoms with Gasteiger partial charge in [0.05, 0.1) is 0 Å². The van der Waals surface area contributed by atoms with E-state index >= 15 is 0 Å². The van der Waals surface area contributed by atoms with Crippen LogP contribution in [0.15, 0.2) is 0 Å². The first-order valence-corrected chi connectivity index (χ1v) is 5.82. The van der Waals surface area contributed by atoms with Crippen LogP contribution in [0.3, 0.4) is 0 Å². The van der Waals surface area contributed by atoms with Crippen molar-refractivity contribution in [2.24, 2.45) is 0 Å². The summed E-state index contributed by atoms with van der Waals surface area (Å²) >= 11 is 0. The third kappa shape index (κ3) is 2.93. The van der Waals surface area contributed by atoms with Crippen molar-refractivity contribution in [1.29, 1.82) is 0 Å². The van der Waals surface area contributed by atoms with Gasteiger partial charge in [-0.25, -0.2) is 0 Å². The zero-order valence-electron chi connectivity index (χ0n) is 8.28. The molecular formula is C7H15N3O3S. The Morgan fingerprint density at radius 1 is 1.50 bits per heavy atom. The molecule has 1 unspecified atom stereocenters. The molecule has 0 aromatic rings. The van der Waals surface area contributed by atoms with Crippen LogP contribution < -0.4 is 10.0 Å². The summed E-state index contributed by atoms with van der Waals surface area (Å²) in [6.07, 6.45) is 0.930. The number of carbonyl (C=O) groups excluding carboxylic acids is 1. The highest BCUT2D eigenvalue weighted by atomic mass is 32.2. The van der Waals surface area contributed by atoms with Crippen molar-refractivity contribution in [2.45, 2.75) is 18.9 Å². The van der Waals surface area contributed by atoms with Gasteiger partial charge in [0.25, 0.3) is 10.2 Å². The molecule has 6 nitrogen and oxygen atoms in total. The lowest BCUT2D eigenvalue weighted by atomic mass is 10.1. The van der Waals surface area contributed by atoms with E-state index in [-0.39, 0.29) is 11.9 Å². The lowest BCUT2D eigenvalue weighted by Gasteiger charge is -2.24. The zero-order valence-corrected chi connectivity index (χ0v) is 9.10. The van der Waals surface area contributed by atoms with Gasteiger partial charge in [-0.15, -0.1) is 0 Å². The van der Waals surface area contributed by atoms with Gasteiger partial charge in [0.2, 0.25) is 5.91 Å². The fourth-order valence-corrected chi connectivity index (χ4v) is 1.98. The Morgan fingerprint density at radius 3 is 2.57 bits per heavy atom. The van der Waals surface area contributed by atoms with Gasteiger partial charge in [-0.1, -0.05) is 0 Å². The third-order valence-corrected chi connectivity index (χ3v) is 3.65. The molecule has 1 rings (SSSR count). The molecule has 1 saturated heterocycles. The number of rotatable bonds is 3. The molecule has 0 bridgehead atoms. The average Bonchev–Trinajstić information content (AvgIpc) is 2.08. The van der Waals surface area contributed by atoms with Gasteiger partial charge in [0, 0.05) is 33.1 Å². The predicted molar refractivity (Wildman–Crippen MR) is 51.8 cm³/mol. The predicted octanol–water partition coefficient (Wildman–Crippen LogP) is -1.34. The van der Waals surface area contributed by atoms with Crippen LogP contribution in [-0.4, -0.2) is 45.3 Å². The van der Waals surface area contributed by atoms with E-state index in [0.29, 0.717) is 19.4 Å². The molecule has 0 saturated carbocycles. The van der Waals surface area contributed by atoms with Crippen LogP contribution in [0.5, 0.6) is 0 Å². The normalized spacial score (nSPS) is 23.6. The third-order valence-electron chi connectivity index (χ3n) is 2.06. The summed E-state index contributed by atoms with van der Waals surface area (Å²) in [7, 11) is -0.459. The first kappa shape index (κ1) is 11.4. The van der Waals surface area contributed by atoms with Crippen LogP contribution >= 0.6 is 0 Å². The summed E-state index contributed by atoms with van der Waals surface area (Å²) < 4.78 is 26.4. The maximum absolute atomic E-state index is 11.4. The smallest absolute Gasteiger partial charge is 0.279 e. The molecule has 0 aliphatic carbocycles. The van der Waals surface area contributed by atoms with Crippen LogP contribution in [0, 0.1) is 0 Å². The Hall–Kier alpha value is -0.660. The molecule has 2 N–H and O–H groups in total. The maximum atomic E-state index is 11.4. The van der Waals surface area contributed by atoms with Crippen molar-refractivity contribution in [3.63, 3.8) is 0 Å². The van der Waals surface area contributed by atoms with E-state index in [1.165, 1.54) is 14.1 Å². The van der Waals surface area contributed by atoms with Crippen molar-refractivity contribution >= 4 is 16.1 Å².